The van der Waals surface area contributed by atoms with E-state index in [4.69, 9.17) is 5.73 Å². The van der Waals surface area contributed by atoms with E-state index in [1.807, 2.05) is 13.0 Å². The minimum absolute atomic E-state index is 0.197. The van der Waals surface area contributed by atoms with Gasteiger partial charge in [0.2, 0.25) is 0 Å². The molecular formula is C11H11N5O. The van der Waals surface area contributed by atoms with Gasteiger partial charge in [-0.25, -0.2) is 15.0 Å². The van der Waals surface area contributed by atoms with Gasteiger partial charge < -0.3 is 11.1 Å². The monoisotopic (exact) mass is 229 g/mol. The number of hydrogen-bond acceptors (Lipinski definition) is 5. The molecule has 2 heterocycles. The highest BCUT2D eigenvalue weighted by Gasteiger charge is 2.08. The van der Waals surface area contributed by atoms with Crippen LogP contribution in [0, 0.1) is 6.92 Å². The number of carbonyl (C=O) groups is 1. The van der Waals surface area contributed by atoms with Gasteiger partial charge in [-0.1, -0.05) is 0 Å². The molecule has 2 rings (SSSR count). The third kappa shape index (κ3) is 2.75. The van der Waals surface area contributed by atoms with Crippen LogP contribution < -0.4 is 11.1 Å². The Balaban J connectivity index is 2.14. The molecule has 0 aliphatic heterocycles. The lowest BCUT2D eigenvalue weighted by Crippen LogP contribution is -2.15. The predicted molar refractivity (Wildman–Crippen MR) is 63.4 cm³/mol. The summed E-state index contributed by atoms with van der Waals surface area (Å²) in [4.78, 5) is 23.4. The van der Waals surface area contributed by atoms with Crippen LogP contribution in [-0.4, -0.2) is 20.9 Å². The lowest BCUT2D eigenvalue weighted by Gasteiger charge is -2.04. The largest absolute Gasteiger partial charge is 0.382 e. The normalized spacial score (nSPS) is 9.94. The molecule has 0 bridgehead atoms. The van der Waals surface area contributed by atoms with E-state index >= 15 is 0 Å². The Morgan fingerprint density at radius 1 is 1.29 bits per heavy atom. The summed E-state index contributed by atoms with van der Waals surface area (Å²) in [5.41, 5.74) is 6.59. The van der Waals surface area contributed by atoms with Crippen molar-refractivity contribution in [1.29, 1.82) is 0 Å². The smallest absolute Gasteiger partial charge is 0.277 e. The van der Waals surface area contributed by atoms with Crippen LogP contribution >= 0.6 is 0 Å². The molecule has 0 atom stereocenters. The summed E-state index contributed by atoms with van der Waals surface area (Å²) in [6.07, 6.45) is 4.28. The van der Waals surface area contributed by atoms with Gasteiger partial charge in [0.05, 0.1) is 12.4 Å². The zero-order valence-electron chi connectivity index (χ0n) is 9.21. The van der Waals surface area contributed by atoms with E-state index in [9.17, 15) is 4.79 Å². The number of amides is 1. The molecule has 0 unspecified atom stereocenters. The number of nitrogen functional groups attached to an aromatic ring is 1. The molecule has 0 aliphatic carbocycles. The first kappa shape index (κ1) is 11.0. The van der Waals surface area contributed by atoms with E-state index in [0.29, 0.717) is 5.82 Å². The van der Waals surface area contributed by atoms with Crippen LogP contribution in [0.3, 0.4) is 0 Å². The first-order chi connectivity index (χ1) is 8.15. The van der Waals surface area contributed by atoms with Gasteiger partial charge >= 0.3 is 0 Å². The Morgan fingerprint density at radius 3 is 2.76 bits per heavy atom. The van der Waals surface area contributed by atoms with Crippen molar-refractivity contribution in [2.75, 3.05) is 11.1 Å². The number of nitrogens with one attached hydrogen (secondary N) is 1. The zero-order chi connectivity index (χ0) is 12.3. The predicted octanol–water partition coefficient (Wildman–Crippen LogP) is 1.01. The molecule has 0 spiro atoms. The van der Waals surface area contributed by atoms with E-state index in [2.05, 4.69) is 20.3 Å². The van der Waals surface area contributed by atoms with Crippen molar-refractivity contribution in [3.05, 3.63) is 42.0 Å². The van der Waals surface area contributed by atoms with Crippen molar-refractivity contribution >= 4 is 17.5 Å². The second-order valence-corrected chi connectivity index (χ2v) is 3.50. The van der Waals surface area contributed by atoms with E-state index in [1.165, 1.54) is 12.4 Å². The van der Waals surface area contributed by atoms with E-state index in [-0.39, 0.29) is 17.4 Å². The fourth-order valence-corrected chi connectivity index (χ4v) is 1.24. The third-order valence-corrected chi connectivity index (χ3v) is 2.06. The van der Waals surface area contributed by atoms with Gasteiger partial charge in [-0.05, 0) is 24.6 Å². The molecule has 0 aromatic carbocycles. The van der Waals surface area contributed by atoms with Crippen LogP contribution in [0.15, 0.2) is 30.7 Å². The molecule has 0 saturated heterocycles. The van der Waals surface area contributed by atoms with Crippen molar-refractivity contribution in [2.24, 2.45) is 0 Å². The van der Waals surface area contributed by atoms with Gasteiger partial charge in [-0.15, -0.1) is 0 Å². The third-order valence-electron chi connectivity index (χ3n) is 2.06. The molecular weight excluding hydrogens is 218 g/mol. The molecule has 86 valence electrons. The summed E-state index contributed by atoms with van der Waals surface area (Å²) in [5, 5.41) is 2.63. The Hall–Kier alpha value is -2.50. The maximum atomic E-state index is 11.7. The number of aromatic nitrogens is 3. The summed E-state index contributed by atoms with van der Waals surface area (Å²) in [6.45, 7) is 1.92. The van der Waals surface area contributed by atoms with Crippen molar-refractivity contribution in [3.8, 4) is 0 Å². The molecule has 0 saturated carbocycles. The summed E-state index contributed by atoms with van der Waals surface area (Å²) in [5.74, 6) is 0.388. The second-order valence-electron chi connectivity index (χ2n) is 3.50. The molecule has 0 fully saturated rings. The summed E-state index contributed by atoms with van der Waals surface area (Å²) < 4.78 is 0. The molecule has 6 nitrogen and oxygen atoms in total. The quantitative estimate of drug-likeness (QED) is 0.801. The molecule has 3 N–H and O–H groups in total. The van der Waals surface area contributed by atoms with E-state index < -0.39 is 0 Å². The Labute approximate surface area is 97.9 Å². The number of rotatable bonds is 2. The average Bonchev–Trinajstić information content (AvgIpc) is 2.29. The van der Waals surface area contributed by atoms with Crippen molar-refractivity contribution in [1.82, 2.24) is 15.0 Å². The number of nitrogens with zero attached hydrogens (tertiary/aromatic N) is 3. The SMILES string of the molecule is Cc1ccnc(NC(=O)c2cnc(N)cn2)c1. The topological polar surface area (TPSA) is 93.8 Å². The van der Waals surface area contributed by atoms with Gasteiger partial charge in [0.1, 0.15) is 17.3 Å². The molecule has 17 heavy (non-hydrogen) atoms. The lowest BCUT2D eigenvalue weighted by molar-refractivity contribution is 0.102. The van der Waals surface area contributed by atoms with Crippen molar-refractivity contribution in [3.63, 3.8) is 0 Å². The Bertz CT molecular complexity index is 538. The summed E-state index contributed by atoms with van der Waals surface area (Å²) >= 11 is 0. The number of pyridine rings is 1. The highest BCUT2D eigenvalue weighted by Crippen LogP contribution is 2.07. The number of nitrogens with two attached hydrogens (primary N) is 1. The van der Waals surface area contributed by atoms with E-state index in [0.717, 1.165) is 5.56 Å². The number of anilines is 2. The fourth-order valence-electron chi connectivity index (χ4n) is 1.24. The Morgan fingerprint density at radius 2 is 2.12 bits per heavy atom. The molecule has 1 amide bonds. The molecule has 2 aromatic heterocycles. The maximum absolute atomic E-state index is 11.7. The van der Waals surface area contributed by atoms with Crippen molar-refractivity contribution in [2.45, 2.75) is 6.92 Å². The van der Waals surface area contributed by atoms with Gasteiger partial charge in [0.15, 0.2) is 0 Å². The number of aryl methyl sites for hydroxylation is 1. The van der Waals surface area contributed by atoms with Gasteiger partial charge in [0.25, 0.3) is 5.91 Å². The van der Waals surface area contributed by atoms with Crippen LogP contribution in [-0.2, 0) is 0 Å². The summed E-state index contributed by atoms with van der Waals surface area (Å²) in [7, 11) is 0. The fraction of sp³-hybridized carbons (Fsp3) is 0.0909. The maximum Gasteiger partial charge on any atom is 0.277 e. The number of carbonyl (C=O) groups excluding carboxylic acids is 1. The van der Waals surface area contributed by atoms with Gasteiger partial charge in [0, 0.05) is 6.20 Å². The average molecular weight is 229 g/mol. The highest BCUT2D eigenvalue weighted by atomic mass is 16.1. The minimum Gasteiger partial charge on any atom is -0.382 e. The van der Waals surface area contributed by atoms with Gasteiger partial charge in [-0.3, -0.25) is 4.79 Å². The highest BCUT2D eigenvalue weighted by molar-refractivity contribution is 6.02. The van der Waals surface area contributed by atoms with Crippen LogP contribution in [0.5, 0.6) is 0 Å². The Kier molecular flexibility index (Phi) is 2.95. The number of hydrogen-bond donors (Lipinski definition) is 2. The van der Waals surface area contributed by atoms with Gasteiger partial charge in [-0.2, -0.15) is 0 Å². The van der Waals surface area contributed by atoms with Crippen molar-refractivity contribution < 1.29 is 4.79 Å². The van der Waals surface area contributed by atoms with E-state index in [1.54, 1.807) is 12.3 Å². The summed E-state index contributed by atoms with van der Waals surface area (Å²) in [6, 6.07) is 3.61. The zero-order valence-corrected chi connectivity index (χ0v) is 9.21. The first-order valence-corrected chi connectivity index (χ1v) is 4.96. The standard InChI is InChI=1S/C11H11N5O/c1-7-2-3-13-10(4-7)16-11(17)8-5-15-9(12)6-14-8/h2-6H,1H3,(H2,12,15)(H,13,16,17). The molecule has 2 aromatic rings. The van der Waals surface area contributed by atoms with Crippen LogP contribution in [0.4, 0.5) is 11.6 Å². The molecule has 6 heteroatoms. The van der Waals surface area contributed by atoms with Crippen LogP contribution in [0.2, 0.25) is 0 Å². The minimum atomic E-state index is -0.365. The second kappa shape index (κ2) is 4.56. The van der Waals surface area contributed by atoms with Crippen LogP contribution in [0.1, 0.15) is 16.1 Å². The van der Waals surface area contributed by atoms with Crippen LogP contribution in [0.25, 0.3) is 0 Å². The molecule has 0 aliphatic rings. The first-order valence-electron chi connectivity index (χ1n) is 4.96. The lowest BCUT2D eigenvalue weighted by atomic mass is 10.3. The molecule has 0 radical (unpaired) electrons.